The van der Waals surface area contributed by atoms with E-state index in [0.717, 1.165) is 16.5 Å². The van der Waals surface area contributed by atoms with Crippen LogP contribution in [0.5, 0.6) is 0 Å². The smallest absolute Gasteiger partial charge is 0.0734 e. The van der Waals surface area contributed by atoms with E-state index in [2.05, 4.69) is 10.1 Å². The van der Waals surface area contributed by atoms with Crippen LogP contribution in [0.25, 0.3) is 10.9 Å². The molecule has 0 spiro atoms. The van der Waals surface area contributed by atoms with Gasteiger partial charge >= 0.3 is 0 Å². The Balaban J connectivity index is 2.60. The predicted octanol–water partition coefficient (Wildman–Crippen LogP) is 1.98. The average Bonchev–Trinajstić information content (AvgIpc) is 2.51. The third kappa shape index (κ3) is 1.05. The van der Waals surface area contributed by atoms with Crippen molar-refractivity contribution in [1.82, 2.24) is 4.98 Å². The maximum atomic E-state index is 8.30. The third-order valence-corrected chi connectivity index (χ3v) is 1.79. The van der Waals surface area contributed by atoms with Gasteiger partial charge in [0.25, 0.3) is 0 Å². The van der Waals surface area contributed by atoms with Crippen LogP contribution < -0.4 is 0 Å². The summed E-state index contributed by atoms with van der Waals surface area (Å²) in [6, 6.07) is 7.79. The van der Waals surface area contributed by atoms with Gasteiger partial charge in [0, 0.05) is 11.7 Å². The highest BCUT2D eigenvalue weighted by Gasteiger charge is 1.93. The van der Waals surface area contributed by atoms with Crippen LogP contribution in [-0.4, -0.2) is 16.4 Å². The van der Waals surface area contributed by atoms with Gasteiger partial charge in [-0.25, -0.2) is 0 Å². The van der Waals surface area contributed by atoms with E-state index in [1.807, 2.05) is 30.5 Å². The molecular weight excluding hydrogens is 152 g/mol. The Kier molecular flexibility index (Phi) is 1.55. The largest absolute Gasteiger partial charge is 0.411 e. The van der Waals surface area contributed by atoms with Crippen LogP contribution in [0.3, 0.4) is 0 Å². The number of aromatic amines is 1. The van der Waals surface area contributed by atoms with Crippen molar-refractivity contribution in [3.63, 3.8) is 0 Å². The minimum atomic E-state index is 0.882. The Bertz CT molecular complexity index is 417. The molecule has 0 unspecified atom stereocenters. The van der Waals surface area contributed by atoms with E-state index in [1.54, 1.807) is 0 Å². The van der Waals surface area contributed by atoms with Gasteiger partial charge in [0.15, 0.2) is 0 Å². The number of nitrogens with one attached hydrogen (secondary N) is 1. The molecule has 60 valence electrons. The molecule has 0 aliphatic rings. The molecule has 3 heteroatoms. The van der Waals surface area contributed by atoms with Crippen LogP contribution in [0.15, 0.2) is 35.6 Å². The minimum absolute atomic E-state index is 0.882. The fourth-order valence-electron chi connectivity index (χ4n) is 1.21. The van der Waals surface area contributed by atoms with Crippen LogP contribution in [0.1, 0.15) is 5.56 Å². The topological polar surface area (TPSA) is 48.4 Å². The van der Waals surface area contributed by atoms with E-state index in [-0.39, 0.29) is 0 Å². The quantitative estimate of drug-likeness (QED) is 0.374. The molecule has 1 aromatic heterocycles. The summed E-state index contributed by atoms with van der Waals surface area (Å²) in [6.45, 7) is 0. The lowest BCUT2D eigenvalue weighted by Crippen LogP contribution is -1.79. The van der Waals surface area contributed by atoms with E-state index in [4.69, 9.17) is 5.21 Å². The normalized spacial score (nSPS) is 11.3. The van der Waals surface area contributed by atoms with Crippen molar-refractivity contribution in [3.05, 3.63) is 36.0 Å². The maximum Gasteiger partial charge on any atom is 0.0734 e. The lowest BCUT2D eigenvalue weighted by atomic mass is 10.2. The number of rotatable bonds is 1. The van der Waals surface area contributed by atoms with Crippen LogP contribution in [0.4, 0.5) is 0 Å². The molecule has 0 amide bonds. The second-order valence-electron chi connectivity index (χ2n) is 2.57. The second kappa shape index (κ2) is 2.70. The summed E-state index contributed by atoms with van der Waals surface area (Å²) >= 11 is 0. The molecule has 2 rings (SSSR count). The zero-order chi connectivity index (χ0) is 8.39. The molecule has 0 saturated carbocycles. The van der Waals surface area contributed by atoms with Crippen molar-refractivity contribution < 1.29 is 5.21 Å². The molecule has 1 aromatic carbocycles. The Hall–Kier alpha value is -1.77. The highest BCUT2D eigenvalue weighted by molar-refractivity contribution is 5.88. The van der Waals surface area contributed by atoms with Gasteiger partial charge in [-0.05, 0) is 23.1 Å². The summed E-state index contributed by atoms with van der Waals surface area (Å²) in [7, 11) is 0. The summed E-state index contributed by atoms with van der Waals surface area (Å²) in [4.78, 5) is 3.08. The highest BCUT2D eigenvalue weighted by Crippen LogP contribution is 2.12. The number of hydrogen-bond donors (Lipinski definition) is 2. The molecule has 0 aliphatic heterocycles. The molecule has 0 aliphatic carbocycles. The van der Waals surface area contributed by atoms with Crippen molar-refractivity contribution in [1.29, 1.82) is 0 Å². The van der Waals surface area contributed by atoms with E-state index >= 15 is 0 Å². The number of benzene rings is 1. The molecule has 3 nitrogen and oxygen atoms in total. The Morgan fingerprint density at radius 2 is 2.25 bits per heavy atom. The number of aromatic nitrogens is 1. The van der Waals surface area contributed by atoms with Gasteiger partial charge in [-0.2, -0.15) is 0 Å². The Morgan fingerprint density at radius 1 is 1.33 bits per heavy atom. The monoisotopic (exact) mass is 160 g/mol. The Labute approximate surface area is 69.3 Å². The number of oxime groups is 1. The molecule has 0 fully saturated rings. The minimum Gasteiger partial charge on any atom is -0.411 e. The summed E-state index contributed by atoms with van der Waals surface area (Å²) < 4.78 is 0. The van der Waals surface area contributed by atoms with Gasteiger partial charge in [0.2, 0.25) is 0 Å². The van der Waals surface area contributed by atoms with Crippen LogP contribution >= 0.6 is 0 Å². The molecule has 0 saturated heterocycles. The van der Waals surface area contributed by atoms with Crippen molar-refractivity contribution in [2.75, 3.05) is 0 Å². The number of nitrogens with zero attached hydrogens (tertiary/aromatic N) is 1. The molecule has 0 radical (unpaired) electrons. The molecule has 12 heavy (non-hydrogen) atoms. The Morgan fingerprint density at radius 3 is 3.08 bits per heavy atom. The lowest BCUT2D eigenvalue weighted by molar-refractivity contribution is 0.322. The van der Waals surface area contributed by atoms with Crippen molar-refractivity contribution in [2.45, 2.75) is 0 Å². The van der Waals surface area contributed by atoms with Crippen LogP contribution in [0.2, 0.25) is 0 Å². The van der Waals surface area contributed by atoms with E-state index < -0.39 is 0 Å². The molecule has 0 atom stereocenters. The first-order valence-electron chi connectivity index (χ1n) is 3.65. The molecule has 0 bridgehead atoms. The number of fused-ring (bicyclic) bond motifs is 1. The summed E-state index contributed by atoms with van der Waals surface area (Å²) in [5.74, 6) is 0. The molecule has 2 aromatic rings. The van der Waals surface area contributed by atoms with Crippen molar-refractivity contribution in [2.24, 2.45) is 5.16 Å². The summed E-state index contributed by atoms with van der Waals surface area (Å²) in [6.07, 6.45) is 3.28. The highest BCUT2D eigenvalue weighted by atomic mass is 16.4. The van der Waals surface area contributed by atoms with Gasteiger partial charge in [-0.1, -0.05) is 17.3 Å². The number of hydrogen-bond acceptors (Lipinski definition) is 2. The summed E-state index contributed by atoms with van der Waals surface area (Å²) in [5.41, 5.74) is 1.93. The molecule has 2 N–H and O–H groups in total. The van der Waals surface area contributed by atoms with Crippen LogP contribution in [0, 0.1) is 0 Å². The average molecular weight is 160 g/mol. The first-order valence-corrected chi connectivity index (χ1v) is 3.65. The van der Waals surface area contributed by atoms with Crippen LogP contribution in [-0.2, 0) is 0 Å². The van der Waals surface area contributed by atoms with E-state index in [1.165, 1.54) is 6.21 Å². The number of H-pyrrole nitrogens is 1. The zero-order valence-corrected chi connectivity index (χ0v) is 6.36. The SMILES string of the molecule is O/N=C/c1ccc2cc[nH]c2c1. The third-order valence-electron chi connectivity index (χ3n) is 1.79. The summed E-state index contributed by atoms with van der Waals surface area (Å²) in [5, 5.41) is 12.4. The fourth-order valence-corrected chi connectivity index (χ4v) is 1.21. The molecular formula is C9H8N2O. The first kappa shape index (κ1) is 6.91. The second-order valence-corrected chi connectivity index (χ2v) is 2.57. The zero-order valence-electron chi connectivity index (χ0n) is 6.36. The van der Waals surface area contributed by atoms with E-state index in [9.17, 15) is 0 Å². The lowest BCUT2D eigenvalue weighted by Gasteiger charge is -1.91. The van der Waals surface area contributed by atoms with Gasteiger partial charge in [0.1, 0.15) is 0 Å². The predicted molar refractivity (Wildman–Crippen MR) is 47.7 cm³/mol. The van der Waals surface area contributed by atoms with Gasteiger partial charge in [-0.15, -0.1) is 0 Å². The standard InChI is InChI=1S/C9H8N2O/c12-11-6-7-1-2-8-3-4-10-9(8)5-7/h1-6,10,12H/b11-6+. The maximum absolute atomic E-state index is 8.30. The fraction of sp³-hybridized carbons (Fsp3) is 0. The molecule has 1 heterocycles. The van der Waals surface area contributed by atoms with Gasteiger partial charge in [-0.3, -0.25) is 0 Å². The van der Waals surface area contributed by atoms with Crippen molar-refractivity contribution in [3.8, 4) is 0 Å². The van der Waals surface area contributed by atoms with Gasteiger partial charge < -0.3 is 10.2 Å². The first-order chi connectivity index (χ1) is 5.90. The van der Waals surface area contributed by atoms with E-state index in [0.29, 0.717) is 0 Å². The van der Waals surface area contributed by atoms with Gasteiger partial charge in [0.05, 0.1) is 6.21 Å². The van der Waals surface area contributed by atoms with Crippen molar-refractivity contribution >= 4 is 17.1 Å².